The molecule has 0 saturated heterocycles. The molecule has 94 valence electrons. The van der Waals surface area contributed by atoms with Crippen LogP contribution in [-0.4, -0.2) is 13.1 Å². The SMILES string of the molecule is CCN(CC1CCC1)c1ccc(C)cc1CCl. The Kier molecular flexibility index (Phi) is 4.33. The number of rotatable bonds is 5. The Balaban J connectivity index is 2.16. The van der Waals surface area contributed by atoms with E-state index in [0.29, 0.717) is 5.88 Å². The maximum Gasteiger partial charge on any atom is 0.0494 e. The summed E-state index contributed by atoms with van der Waals surface area (Å²) in [5.74, 6) is 1.51. The second-order valence-corrected chi connectivity index (χ2v) is 5.37. The molecule has 0 spiro atoms. The van der Waals surface area contributed by atoms with Gasteiger partial charge in [-0.15, -0.1) is 11.6 Å². The Morgan fingerprint density at radius 1 is 1.35 bits per heavy atom. The van der Waals surface area contributed by atoms with Crippen LogP contribution in [0.1, 0.15) is 37.3 Å². The first-order valence-electron chi connectivity index (χ1n) is 6.65. The second kappa shape index (κ2) is 5.77. The van der Waals surface area contributed by atoms with E-state index in [9.17, 15) is 0 Å². The molecule has 1 aliphatic carbocycles. The fraction of sp³-hybridized carbons (Fsp3) is 0.600. The molecule has 0 aliphatic heterocycles. The summed E-state index contributed by atoms with van der Waals surface area (Å²) < 4.78 is 0. The van der Waals surface area contributed by atoms with Crippen molar-refractivity contribution in [1.82, 2.24) is 0 Å². The van der Waals surface area contributed by atoms with Crippen LogP contribution in [0.15, 0.2) is 18.2 Å². The van der Waals surface area contributed by atoms with Gasteiger partial charge in [0.2, 0.25) is 0 Å². The number of alkyl halides is 1. The molecule has 0 heterocycles. The zero-order valence-corrected chi connectivity index (χ0v) is 11.6. The van der Waals surface area contributed by atoms with E-state index in [2.05, 4.69) is 36.9 Å². The summed E-state index contributed by atoms with van der Waals surface area (Å²) in [6.45, 7) is 6.63. The summed E-state index contributed by atoms with van der Waals surface area (Å²) in [6, 6.07) is 6.63. The van der Waals surface area contributed by atoms with E-state index in [-0.39, 0.29) is 0 Å². The predicted molar refractivity (Wildman–Crippen MR) is 76.0 cm³/mol. The van der Waals surface area contributed by atoms with Gasteiger partial charge < -0.3 is 4.90 Å². The lowest BCUT2D eigenvalue weighted by atomic mass is 9.85. The van der Waals surface area contributed by atoms with E-state index < -0.39 is 0 Å². The average Bonchev–Trinajstić information content (AvgIpc) is 2.29. The maximum absolute atomic E-state index is 6.06. The van der Waals surface area contributed by atoms with Crippen molar-refractivity contribution in [3.05, 3.63) is 29.3 Å². The van der Waals surface area contributed by atoms with Crippen molar-refractivity contribution in [2.75, 3.05) is 18.0 Å². The molecule has 1 nitrogen and oxygen atoms in total. The monoisotopic (exact) mass is 251 g/mol. The first-order valence-corrected chi connectivity index (χ1v) is 7.18. The van der Waals surface area contributed by atoms with Gasteiger partial charge in [-0.3, -0.25) is 0 Å². The third-order valence-electron chi connectivity index (χ3n) is 3.80. The lowest BCUT2D eigenvalue weighted by Crippen LogP contribution is -2.33. The molecule has 0 N–H and O–H groups in total. The van der Waals surface area contributed by atoms with Crippen LogP contribution in [0.2, 0.25) is 0 Å². The lowest BCUT2D eigenvalue weighted by molar-refractivity contribution is 0.318. The standard InChI is InChI=1S/C15H22ClN/c1-3-17(11-13-5-4-6-13)15-8-7-12(2)9-14(15)10-16/h7-9,13H,3-6,10-11H2,1-2H3. The first-order chi connectivity index (χ1) is 8.24. The van der Waals surface area contributed by atoms with Crippen molar-refractivity contribution in [2.24, 2.45) is 5.92 Å². The molecule has 2 heteroatoms. The average molecular weight is 252 g/mol. The molecular weight excluding hydrogens is 230 g/mol. The largest absolute Gasteiger partial charge is 0.371 e. The number of nitrogens with zero attached hydrogens (tertiary/aromatic N) is 1. The number of anilines is 1. The van der Waals surface area contributed by atoms with Crippen LogP contribution in [0.3, 0.4) is 0 Å². The van der Waals surface area contributed by atoms with Gasteiger partial charge in [-0.05, 0) is 44.2 Å². The third kappa shape index (κ3) is 2.95. The molecule has 1 saturated carbocycles. The van der Waals surface area contributed by atoms with E-state index >= 15 is 0 Å². The minimum atomic E-state index is 0.609. The van der Waals surface area contributed by atoms with Crippen molar-refractivity contribution >= 4 is 17.3 Å². The molecule has 2 rings (SSSR count). The number of benzene rings is 1. The molecule has 1 aromatic rings. The third-order valence-corrected chi connectivity index (χ3v) is 4.09. The number of hydrogen-bond acceptors (Lipinski definition) is 1. The molecule has 1 fully saturated rings. The van der Waals surface area contributed by atoms with Crippen LogP contribution >= 0.6 is 11.6 Å². The normalized spacial score (nSPS) is 15.7. The highest BCUT2D eigenvalue weighted by atomic mass is 35.5. The van der Waals surface area contributed by atoms with Crippen LogP contribution in [0.5, 0.6) is 0 Å². The van der Waals surface area contributed by atoms with Gasteiger partial charge >= 0.3 is 0 Å². The fourth-order valence-electron chi connectivity index (χ4n) is 2.51. The summed E-state index contributed by atoms with van der Waals surface area (Å²) in [4.78, 5) is 2.49. The van der Waals surface area contributed by atoms with Crippen molar-refractivity contribution < 1.29 is 0 Å². The smallest absolute Gasteiger partial charge is 0.0494 e. The van der Waals surface area contributed by atoms with Crippen molar-refractivity contribution in [1.29, 1.82) is 0 Å². The lowest BCUT2D eigenvalue weighted by Gasteiger charge is -2.34. The van der Waals surface area contributed by atoms with E-state index in [0.717, 1.165) is 12.5 Å². The minimum Gasteiger partial charge on any atom is -0.371 e. The quantitative estimate of drug-likeness (QED) is 0.703. The summed E-state index contributed by atoms with van der Waals surface area (Å²) in [5, 5.41) is 0. The zero-order chi connectivity index (χ0) is 12.3. The van der Waals surface area contributed by atoms with E-state index in [1.54, 1.807) is 0 Å². The van der Waals surface area contributed by atoms with Crippen molar-refractivity contribution in [2.45, 2.75) is 39.0 Å². The van der Waals surface area contributed by atoms with Crippen LogP contribution in [-0.2, 0) is 5.88 Å². The summed E-state index contributed by atoms with van der Waals surface area (Å²) in [7, 11) is 0. The van der Waals surface area contributed by atoms with E-state index in [1.807, 2.05) is 0 Å². The van der Waals surface area contributed by atoms with Gasteiger partial charge in [0.25, 0.3) is 0 Å². The Bertz CT molecular complexity index is 371. The van der Waals surface area contributed by atoms with Crippen LogP contribution in [0.25, 0.3) is 0 Å². The highest BCUT2D eigenvalue weighted by Gasteiger charge is 2.21. The molecule has 0 amide bonds. The highest BCUT2D eigenvalue weighted by Crippen LogP contribution is 2.30. The molecule has 0 unspecified atom stereocenters. The first kappa shape index (κ1) is 12.8. The highest BCUT2D eigenvalue weighted by molar-refractivity contribution is 6.17. The van der Waals surface area contributed by atoms with Gasteiger partial charge in [-0.2, -0.15) is 0 Å². The van der Waals surface area contributed by atoms with Crippen molar-refractivity contribution in [3.8, 4) is 0 Å². The molecule has 0 radical (unpaired) electrons. The van der Waals surface area contributed by atoms with E-state index in [4.69, 9.17) is 11.6 Å². The Morgan fingerprint density at radius 3 is 2.65 bits per heavy atom. The second-order valence-electron chi connectivity index (χ2n) is 5.10. The molecular formula is C15H22ClN. The molecule has 1 aromatic carbocycles. The summed E-state index contributed by atoms with van der Waals surface area (Å²) in [6.07, 6.45) is 4.22. The number of halogens is 1. The van der Waals surface area contributed by atoms with Crippen LogP contribution in [0.4, 0.5) is 5.69 Å². The van der Waals surface area contributed by atoms with Gasteiger partial charge in [-0.1, -0.05) is 24.1 Å². The molecule has 0 atom stereocenters. The summed E-state index contributed by atoms with van der Waals surface area (Å²) in [5.41, 5.74) is 3.90. The molecule has 1 aliphatic rings. The number of aryl methyl sites for hydroxylation is 1. The molecule has 17 heavy (non-hydrogen) atoms. The Morgan fingerprint density at radius 2 is 2.12 bits per heavy atom. The maximum atomic E-state index is 6.06. The number of hydrogen-bond donors (Lipinski definition) is 0. The van der Waals surface area contributed by atoms with Gasteiger partial charge in [-0.25, -0.2) is 0 Å². The minimum absolute atomic E-state index is 0.609. The topological polar surface area (TPSA) is 3.24 Å². The predicted octanol–water partition coefficient (Wildman–Crippen LogP) is 4.36. The molecule has 0 aromatic heterocycles. The van der Waals surface area contributed by atoms with Crippen molar-refractivity contribution in [3.63, 3.8) is 0 Å². The Labute approximate surface area is 110 Å². The Hall–Kier alpha value is -0.690. The van der Waals surface area contributed by atoms with Gasteiger partial charge in [0.15, 0.2) is 0 Å². The zero-order valence-electron chi connectivity index (χ0n) is 10.9. The summed E-state index contributed by atoms with van der Waals surface area (Å²) >= 11 is 6.06. The van der Waals surface area contributed by atoms with Crippen LogP contribution in [0, 0.1) is 12.8 Å². The van der Waals surface area contributed by atoms with E-state index in [1.165, 1.54) is 42.6 Å². The van der Waals surface area contributed by atoms with Crippen LogP contribution < -0.4 is 4.90 Å². The van der Waals surface area contributed by atoms with Gasteiger partial charge in [0, 0.05) is 24.7 Å². The van der Waals surface area contributed by atoms with Gasteiger partial charge in [0.05, 0.1) is 0 Å². The van der Waals surface area contributed by atoms with Gasteiger partial charge in [0.1, 0.15) is 0 Å². The molecule has 0 bridgehead atoms. The fourth-order valence-corrected chi connectivity index (χ4v) is 2.73.